The Morgan fingerprint density at radius 3 is 2.86 bits per heavy atom. The lowest BCUT2D eigenvalue weighted by molar-refractivity contribution is -0.123. The van der Waals surface area contributed by atoms with E-state index in [2.05, 4.69) is 5.32 Å². The summed E-state index contributed by atoms with van der Waals surface area (Å²) in [5, 5.41) is 12.0. The Bertz CT molecular complexity index is 672. The number of hydrogen-bond donors (Lipinski definition) is 2. The molecule has 4 nitrogen and oxygen atoms in total. The summed E-state index contributed by atoms with van der Waals surface area (Å²) in [7, 11) is 0. The van der Waals surface area contributed by atoms with Crippen molar-refractivity contribution in [3.63, 3.8) is 0 Å². The van der Waals surface area contributed by atoms with Crippen molar-refractivity contribution < 1.29 is 23.1 Å². The summed E-state index contributed by atoms with van der Waals surface area (Å²) in [6.07, 6.45) is 1.91. The second-order valence-corrected chi connectivity index (χ2v) is 5.35. The molecule has 2 N–H and O–H groups in total. The van der Waals surface area contributed by atoms with Crippen molar-refractivity contribution in [2.24, 2.45) is 5.92 Å². The summed E-state index contributed by atoms with van der Waals surface area (Å²) in [4.78, 5) is 12.2. The molecule has 22 heavy (non-hydrogen) atoms. The fourth-order valence-corrected chi connectivity index (χ4v) is 2.61. The maximum Gasteiger partial charge on any atom is 0.224 e. The maximum atomic E-state index is 13.7. The van der Waals surface area contributed by atoms with Crippen LogP contribution in [0.15, 0.2) is 41.0 Å². The molecule has 1 saturated carbocycles. The molecule has 1 aromatic carbocycles. The van der Waals surface area contributed by atoms with Crippen molar-refractivity contribution in [1.29, 1.82) is 0 Å². The van der Waals surface area contributed by atoms with E-state index in [1.54, 1.807) is 12.1 Å². The second-order valence-electron chi connectivity index (χ2n) is 5.35. The average molecular weight is 307 g/mol. The van der Waals surface area contributed by atoms with Crippen molar-refractivity contribution in [2.75, 3.05) is 6.61 Å². The van der Waals surface area contributed by atoms with Gasteiger partial charge in [-0.25, -0.2) is 8.78 Å². The zero-order chi connectivity index (χ0) is 15.7. The molecular weight excluding hydrogens is 292 g/mol. The van der Waals surface area contributed by atoms with Gasteiger partial charge in [0.1, 0.15) is 11.8 Å². The first-order valence-electron chi connectivity index (χ1n) is 7.00. The Morgan fingerprint density at radius 1 is 1.36 bits per heavy atom. The molecule has 0 spiro atoms. The number of aliphatic hydroxyl groups is 1. The minimum atomic E-state index is -0.910. The number of aliphatic hydroxyl groups excluding tert-OH is 1. The molecular formula is C16H15F2NO3. The van der Waals surface area contributed by atoms with Gasteiger partial charge in [-0.15, -0.1) is 0 Å². The van der Waals surface area contributed by atoms with Gasteiger partial charge in [0.25, 0.3) is 0 Å². The predicted octanol–water partition coefficient (Wildman–Crippen LogP) is 2.51. The summed E-state index contributed by atoms with van der Waals surface area (Å²) in [5.74, 6) is -2.40. The van der Waals surface area contributed by atoms with Gasteiger partial charge >= 0.3 is 0 Å². The van der Waals surface area contributed by atoms with Crippen LogP contribution in [0.4, 0.5) is 8.78 Å². The van der Waals surface area contributed by atoms with Crippen LogP contribution in [0.25, 0.3) is 0 Å². The van der Waals surface area contributed by atoms with E-state index < -0.39 is 23.6 Å². The molecule has 1 aromatic heterocycles. The van der Waals surface area contributed by atoms with Gasteiger partial charge in [-0.1, -0.05) is 12.1 Å². The smallest absolute Gasteiger partial charge is 0.224 e. The highest BCUT2D eigenvalue weighted by molar-refractivity contribution is 5.83. The number of carbonyl (C=O) groups excluding carboxylic acids is 1. The van der Waals surface area contributed by atoms with E-state index in [9.17, 15) is 18.7 Å². The van der Waals surface area contributed by atoms with Crippen LogP contribution in [0, 0.1) is 17.6 Å². The minimum Gasteiger partial charge on any atom is -0.467 e. The lowest BCUT2D eigenvalue weighted by Crippen LogP contribution is -2.32. The van der Waals surface area contributed by atoms with E-state index in [0.29, 0.717) is 12.2 Å². The van der Waals surface area contributed by atoms with Crippen LogP contribution in [0.1, 0.15) is 29.7 Å². The third-order valence-corrected chi connectivity index (χ3v) is 3.89. The minimum absolute atomic E-state index is 0.221. The monoisotopic (exact) mass is 307 g/mol. The van der Waals surface area contributed by atoms with Gasteiger partial charge in [0.15, 0.2) is 11.6 Å². The molecule has 3 rings (SSSR count). The fraction of sp³-hybridized carbons (Fsp3) is 0.312. The summed E-state index contributed by atoms with van der Waals surface area (Å²) in [5.41, 5.74) is 0.221. The molecule has 1 heterocycles. The molecule has 1 aliphatic rings. The number of hydrogen-bond acceptors (Lipinski definition) is 3. The molecule has 0 saturated heterocycles. The lowest BCUT2D eigenvalue weighted by Gasteiger charge is -2.14. The SMILES string of the molecule is O=C(NC(CO)c1ccco1)C1CC1c1cccc(F)c1F. The number of benzene rings is 1. The number of nitrogens with one attached hydrogen (secondary N) is 1. The number of amides is 1. The van der Waals surface area contributed by atoms with Crippen LogP contribution in [-0.4, -0.2) is 17.6 Å². The van der Waals surface area contributed by atoms with Crippen molar-refractivity contribution in [2.45, 2.75) is 18.4 Å². The highest BCUT2D eigenvalue weighted by Crippen LogP contribution is 2.48. The van der Waals surface area contributed by atoms with Gasteiger partial charge in [-0.05, 0) is 36.1 Å². The van der Waals surface area contributed by atoms with Crippen LogP contribution in [0.3, 0.4) is 0 Å². The van der Waals surface area contributed by atoms with Gasteiger partial charge in [0, 0.05) is 5.92 Å². The summed E-state index contributed by atoms with van der Waals surface area (Å²) < 4.78 is 32.1. The van der Waals surface area contributed by atoms with Gasteiger partial charge in [0.05, 0.1) is 12.9 Å². The highest BCUT2D eigenvalue weighted by atomic mass is 19.2. The Hall–Kier alpha value is -2.21. The summed E-state index contributed by atoms with van der Waals surface area (Å²) >= 11 is 0. The molecule has 0 aliphatic heterocycles. The Kier molecular flexibility index (Phi) is 3.94. The maximum absolute atomic E-state index is 13.7. The van der Waals surface area contributed by atoms with Gasteiger partial charge in [-0.2, -0.15) is 0 Å². The molecule has 3 unspecified atom stereocenters. The fourth-order valence-electron chi connectivity index (χ4n) is 2.61. The van der Waals surface area contributed by atoms with Crippen molar-refractivity contribution in [3.05, 3.63) is 59.6 Å². The first-order valence-corrected chi connectivity index (χ1v) is 7.00. The van der Waals surface area contributed by atoms with E-state index in [4.69, 9.17) is 4.42 Å². The first-order chi connectivity index (χ1) is 10.6. The molecule has 0 bridgehead atoms. The zero-order valence-corrected chi connectivity index (χ0v) is 11.6. The molecule has 116 valence electrons. The lowest BCUT2D eigenvalue weighted by atomic mass is 10.1. The molecule has 3 atom stereocenters. The van der Waals surface area contributed by atoms with Gasteiger partial charge < -0.3 is 14.8 Å². The molecule has 1 fully saturated rings. The number of halogens is 2. The normalized spacial score (nSPS) is 21.4. The Balaban J connectivity index is 1.67. The molecule has 0 radical (unpaired) electrons. The average Bonchev–Trinajstić information content (AvgIpc) is 3.12. The van der Waals surface area contributed by atoms with E-state index in [1.807, 2.05) is 0 Å². The summed E-state index contributed by atoms with van der Waals surface area (Å²) in [6.45, 7) is -0.301. The van der Waals surface area contributed by atoms with Crippen LogP contribution < -0.4 is 5.32 Å². The summed E-state index contributed by atoms with van der Waals surface area (Å²) in [6, 6.07) is 6.65. The number of carbonyl (C=O) groups is 1. The van der Waals surface area contributed by atoms with Crippen molar-refractivity contribution >= 4 is 5.91 Å². The Labute approximate surface area is 125 Å². The van der Waals surface area contributed by atoms with E-state index in [-0.39, 0.29) is 24.0 Å². The molecule has 2 aromatic rings. The van der Waals surface area contributed by atoms with Crippen LogP contribution >= 0.6 is 0 Å². The van der Waals surface area contributed by atoms with E-state index in [0.717, 1.165) is 6.07 Å². The topological polar surface area (TPSA) is 62.5 Å². The van der Waals surface area contributed by atoms with Crippen molar-refractivity contribution in [1.82, 2.24) is 5.32 Å². The molecule has 1 aliphatic carbocycles. The van der Waals surface area contributed by atoms with Gasteiger partial charge in [-0.3, -0.25) is 4.79 Å². The Morgan fingerprint density at radius 2 is 2.18 bits per heavy atom. The van der Waals surface area contributed by atoms with Crippen LogP contribution in [0.2, 0.25) is 0 Å². The van der Waals surface area contributed by atoms with Crippen LogP contribution in [-0.2, 0) is 4.79 Å². The first kappa shape index (κ1) is 14.7. The highest BCUT2D eigenvalue weighted by Gasteiger charge is 2.46. The van der Waals surface area contributed by atoms with E-state index in [1.165, 1.54) is 18.4 Å². The van der Waals surface area contributed by atoms with Gasteiger partial charge in [0.2, 0.25) is 5.91 Å². The predicted molar refractivity (Wildman–Crippen MR) is 73.9 cm³/mol. The van der Waals surface area contributed by atoms with E-state index >= 15 is 0 Å². The number of rotatable bonds is 5. The largest absolute Gasteiger partial charge is 0.467 e. The quantitative estimate of drug-likeness (QED) is 0.892. The third-order valence-electron chi connectivity index (χ3n) is 3.89. The zero-order valence-electron chi connectivity index (χ0n) is 11.6. The second kappa shape index (κ2) is 5.88. The standard InChI is InChI=1S/C16H15F2NO3/c17-12-4-1-3-9(15(12)18)10-7-11(10)16(21)19-13(8-20)14-5-2-6-22-14/h1-6,10-11,13,20H,7-8H2,(H,19,21). The van der Waals surface area contributed by atoms with Crippen LogP contribution in [0.5, 0.6) is 0 Å². The molecule has 1 amide bonds. The third kappa shape index (κ3) is 2.74. The van der Waals surface area contributed by atoms with Crippen molar-refractivity contribution in [3.8, 4) is 0 Å². The molecule has 6 heteroatoms. The number of furan rings is 1.